The van der Waals surface area contributed by atoms with Crippen LogP contribution in [0.1, 0.15) is 44.2 Å². The van der Waals surface area contributed by atoms with Crippen molar-refractivity contribution < 1.29 is 13.2 Å². The smallest absolute Gasteiger partial charge is 0.310 e. The Morgan fingerprint density at radius 1 is 1.10 bits per heavy atom. The molecule has 20 heavy (non-hydrogen) atoms. The van der Waals surface area contributed by atoms with E-state index in [1.807, 2.05) is 0 Å². The number of benzene rings is 1. The van der Waals surface area contributed by atoms with Crippen LogP contribution >= 0.6 is 0 Å². The molecule has 1 fully saturated rings. The van der Waals surface area contributed by atoms with Crippen LogP contribution in [0.25, 0.3) is 0 Å². The van der Waals surface area contributed by atoms with Crippen LogP contribution in [0.15, 0.2) is 24.3 Å². The van der Waals surface area contributed by atoms with Crippen LogP contribution in [0, 0.1) is 11.8 Å². The molecule has 1 saturated carbocycles. The third-order valence-electron chi connectivity index (χ3n) is 4.50. The molecule has 1 aromatic rings. The van der Waals surface area contributed by atoms with Gasteiger partial charge in [-0.25, -0.2) is 0 Å². The maximum Gasteiger partial charge on any atom is 0.416 e. The summed E-state index contributed by atoms with van der Waals surface area (Å²) in [6, 6.07) is 6.16. The molecule has 2 rings (SSSR count). The summed E-state index contributed by atoms with van der Waals surface area (Å²) >= 11 is 0. The van der Waals surface area contributed by atoms with E-state index in [1.54, 1.807) is 12.1 Å². The summed E-state index contributed by atoms with van der Waals surface area (Å²) in [4.78, 5) is 0. The van der Waals surface area contributed by atoms with E-state index in [0.29, 0.717) is 24.1 Å². The van der Waals surface area contributed by atoms with Gasteiger partial charge in [0.2, 0.25) is 0 Å². The topological polar surface area (TPSA) is 12.0 Å². The average Bonchev–Trinajstić information content (AvgIpc) is 2.39. The zero-order chi connectivity index (χ0) is 14.8. The maximum atomic E-state index is 12.9. The van der Waals surface area contributed by atoms with E-state index >= 15 is 0 Å². The van der Waals surface area contributed by atoms with Gasteiger partial charge in [0.25, 0.3) is 0 Å². The van der Waals surface area contributed by atoms with Crippen molar-refractivity contribution in [1.29, 1.82) is 0 Å². The van der Waals surface area contributed by atoms with Crippen molar-refractivity contribution in [2.24, 2.45) is 11.8 Å². The molecule has 112 valence electrons. The molecular weight excluding hydrogens is 263 g/mol. The third-order valence-corrected chi connectivity index (χ3v) is 4.50. The first-order chi connectivity index (χ1) is 9.38. The van der Waals surface area contributed by atoms with Crippen molar-refractivity contribution in [3.05, 3.63) is 35.4 Å². The minimum absolute atomic E-state index is 0.293. The highest BCUT2D eigenvalue weighted by Crippen LogP contribution is 2.33. The molecule has 4 heteroatoms. The molecule has 0 spiro atoms. The van der Waals surface area contributed by atoms with Gasteiger partial charge in [0.05, 0.1) is 5.56 Å². The van der Waals surface area contributed by atoms with Gasteiger partial charge < -0.3 is 5.32 Å². The minimum atomic E-state index is -4.27. The second-order valence-electron chi connectivity index (χ2n) is 6.00. The lowest BCUT2D eigenvalue weighted by Crippen LogP contribution is -2.36. The Kier molecular flexibility index (Phi) is 4.74. The van der Waals surface area contributed by atoms with E-state index < -0.39 is 11.7 Å². The molecule has 1 aliphatic carbocycles. The number of nitrogens with one attached hydrogen (secondary N) is 1. The average molecular weight is 285 g/mol. The highest BCUT2D eigenvalue weighted by atomic mass is 19.4. The van der Waals surface area contributed by atoms with E-state index in [2.05, 4.69) is 19.2 Å². The van der Waals surface area contributed by atoms with Gasteiger partial charge in [-0.15, -0.1) is 0 Å². The van der Waals surface area contributed by atoms with Gasteiger partial charge in [0, 0.05) is 12.6 Å². The highest BCUT2D eigenvalue weighted by molar-refractivity contribution is 5.29. The summed E-state index contributed by atoms with van der Waals surface area (Å²) in [5.41, 5.74) is -0.184. The molecule has 3 unspecified atom stereocenters. The second kappa shape index (κ2) is 6.17. The first-order valence-corrected chi connectivity index (χ1v) is 7.26. The Morgan fingerprint density at radius 3 is 2.45 bits per heavy atom. The molecule has 0 radical (unpaired) electrons. The number of hydrogen-bond acceptors (Lipinski definition) is 1. The number of alkyl halides is 3. The standard InChI is InChI=1S/C16H22F3N/c1-11-7-8-14(9-12(11)2)20-10-13-5-3-4-6-15(13)16(17,18)19/h3-6,11-12,14,20H,7-10H2,1-2H3. The van der Waals surface area contributed by atoms with Crippen LogP contribution in [0.5, 0.6) is 0 Å². The van der Waals surface area contributed by atoms with Gasteiger partial charge in [-0.2, -0.15) is 13.2 Å². The summed E-state index contributed by atoms with van der Waals surface area (Å²) in [5, 5.41) is 3.30. The molecule has 1 aliphatic rings. The highest BCUT2D eigenvalue weighted by Gasteiger charge is 2.33. The van der Waals surface area contributed by atoms with E-state index in [0.717, 1.165) is 31.2 Å². The van der Waals surface area contributed by atoms with E-state index in [4.69, 9.17) is 0 Å². The van der Waals surface area contributed by atoms with Crippen molar-refractivity contribution in [1.82, 2.24) is 5.32 Å². The summed E-state index contributed by atoms with van der Waals surface area (Å²) < 4.78 is 38.7. The van der Waals surface area contributed by atoms with Crippen LogP contribution in [0.4, 0.5) is 13.2 Å². The molecular formula is C16H22F3N. The van der Waals surface area contributed by atoms with Crippen LogP contribution in [-0.4, -0.2) is 6.04 Å². The van der Waals surface area contributed by atoms with Crippen LogP contribution in [0.3, 0.4) is 0 Å². The van der Waals surface area contributed by atoms with Gasteiger partial charge in [-0.3, -0.25) is 0 Å². The normalized spacial score (nSPS) is 27.6. The summed E-state index contributed by atoms with van der Waals surface area (Å²) in [6.07, 6.45) is -1.01. The van der Waals surface area contributed by atoms with Gasteiger partial charge >= 0.3 is 6.18 Å². The maximum absolute atomic E-state index is 12.9. The summed E-state index contributed by atoms with van der Waals surface area (Å²) in [6.45, 7) is 4.77. The molecule has 0 aromatic heterocycles. The van der Waals surface area contributed by atoms with Crippen LogP contribution in [0.2, 0.25) is 0 Å². The van der Waals surface area contributed by atoms with E-state index in [-0.39, 0.29) is 0 Å². The fourth-order valence-corrected chi connectivity index (χ4v) is 2.94. The second-order valence-corrected chi connectivity index (χ2v) is 6.00. The Morgan fingerprint density at radius 2 is 1.80 bits per heavy atom. The van der Waals surface area contributed by atoms with Crippen molar-refractivity contribution in [3.63, 3.8) is 0 Å². The quantitative estimate of drug-likeness (QED) is 0.854. The Labute approximate surface area is 118 Å². The van der Waals surface area contributed by atoms with Gasteiger partial charge in [-0.05, 0) is 42.7 Å². The fraction of sp³-hybridized carbons (Fsp3) is 0.625. The molecule has 0 amide bonds. The van der Waals surface area contributed by atoms with Crippen molar-refractivity contribution in [2.75, 3.05) is 0 Å². The Balaban J connectivity index is 1.98. The lowest BCUT2D eigenvalue weighted by Gasteiger charge is -2.32. The summed E-state index contributed by atoms with van der Waals surface area (Å²) in [7, 11) is 0. The zero-order valence-corrected chi connectivity index (χ0v) is 12.0. The molecule has 0 aliphatic heterocycles. The number of rotatable bonds is 3. The third kappa shape index (κ3) is 3.75. The Hall–Kier alpha value is -1.03. The lowest BCUT2D eigenvalue weighted by molar-refractivity contribution is -0.138. The van der Waals surface area contributed by atoms with Crippen LogP contribution < -0.4 is 5.32 Å². The molecule has 1 aromatic carbocycles. The Bertz CT molecular complexity index is 442. The lowest BCUT2D eigenvalue weighted by atomic mass is 9.79. The van der Waals surface area contributed by atoms with Crippen molar-refractivity contribution in [3.8, 4) is 0 Å². The van der Waals surface area contributed by atoms with E-state index in [9.17, 15) is 13.2 Å². The zero-order valence-electron chi connectivity index (χ0n) is 12.0. The SMILES string of the molecule is CC1CCC(NCc2ccccc2C(F)(F)F)CC1C. The first kappa shape index (κ1) is 15.4. The molecule has 0 heterocycles. The molecule has 1 nitrogen and oxygen atoms in total. The van der Waals surface area contributed by atoms with E-state index in [1.165, 1.54) is 6.07 Å². The first-order valence-electron chi connectivity index (χ1n) is 7.26. The predicted octanol–water partition coefficient (Wildman–Crippen LogP) is 4.62. The molecule has 1 N–H and O–H groups in total. The minimum Gasteiger partial charge on any atom is -0.310 e. The summed E-state index contributed by atoms with van der Waals surface area (Å²) in [5.74, 6) is 1.36. The van der Waals surface area contributed by atoms with Gasteiger partial charge in [-0.1, -0.05) is 32.0 Å². The monoisotopic (exact) mass is 285 g/mol. The van der Waals surface area contributed by atoms with Crippen LogP contribution in [-0.2, 0) is 12.7 Å². The number of halogens is 3. The fourth-order valence-electron chi connectivity index (χ4n) is 2.94. The molecule has 0 saturated heterocycles. The molecule has 0 bridgehead atoms. The van der Waals surface area contributed by atoms with Crippen molar-refractivity contribution in [2.45, 2.75) is 51.9 Å². The van der Waals surface area contributed by atoms with Crippen molar-refractivity contribution >= 4 is 0 Å². The largest absolute Gasteiger partial charge is 0.416 e. The predicted molar refractivity (Wildman–Crippen MR) is 74.3 cm³/mol. The number of hydrogen-bond donors (Lipinski definition) is 1. The molecule has 3 atom stereocenters. The van der Waals surface area contributed by atoms with Gasteiger partial charge in [0.15, 0.2) is 0 Å². The van der Waals surface area contributed by atoms with Gasteiger partial charge in [0.1, 0.15) is 0 Å².